The third-order valence-corrected chi connectivity index (χ3v) is 9.44. The maximum atomic E-state index is 15.0. The van der Waals surface area contributed by atoms with Gasteiger partial charge in [-0.2, -0.15) is 13.2 Å². The zero-order valence-corrected chi connectivity index (χ0v) is 30.2. The van der Waals surface area contributed by atoms with Crippen LogP contribution in [0.5, 0.6) is 0 Å². The Morgan fingerprint density at radius 2 is 1.63 bits per heavy atom. The fourth-order valence-corrected chi connectivity index (χ4v) is 6.61. The minimum absolute atomic E-state index is 0.111. The summed E-state index contributed by atoms with van der Waals surface area (Å²) < 4.78 is 63.9. The molecule has 1 aromatic heterocycles. The van der Waals surface area contributed by atoms with Crippen LogP contribution in [0.15, 0.2) is 82.4 Å². The van der Waals surface area contributed by atoms with E-state index in [4.69, 9.17) is 10.5 Å². The lowest BCUT2D eigenvalue weighted by Crippen LogP contribution is -2.51. The van der Waals surface area contributed by atoms with Crippen molar-refractivity contribution in [2.45, 2.75) is 58.5 Å². The molecule has 3 N–H and O–H groups in total. The minimum atomic E-state index is -4.88. The second kappa shape index (κ2) is 17.7. The van der Waals surface area contributed by atoms with Crippen LogP contribution in [0, 0.1) is 12.7 Å². The lowest BCUT2D eigenvalue weighted by atomic mass is 10.1. The van der Waals surface area contributed by atoms with Crippen molar-refractivity contribution in [3.8, 4) is 0 Å². The van der Waals surface area contributed by atoms with Crippen molar-refractivity contribution in [3.63, 3.8) is 0 Å². The third kappa shape index (κ3) is 9.63. The molecule has 1 amide bonds. The van der Waals surface area contributed by atoms with Gasteiger partial charge in [0.25, 0.3) is 11.5 Å². The normalized spacial score (nSPS) is 14.2. The van der Waals surface area contributed by atoms with Crippen LogP contribution in [0.1, 0.15) is 64.1 Å². The molecule has 1 aliphatic rings. The summed E-state index contributed by atoms with van der Waals surface area (Å²) in [6.45, 7) is 4.97. The van der Waals surface area contributed by atoms with Gasteiger partial charge in [0.1, 0.15) is 11.5 Å². The molecule has 11 nitrogen and oxygen atoms in total. The molecule has 1 fully saturated rings. The number of rotatable bonds is 14. The largest absolute Gasteiger partial charge is 0.466 e. The number of carbonyl (C=O) groups is 2. The van der Waals surface area contributed by atoms with Gasteiger partial charge in [-0.15, -0.1) is 0 Å². The van der Waals surface area contributed by atoms with Gasteiger partial charge in [-0.1, -0.05) is 48.5 Å². The van der Waals surface area contributed by atoms with Crippen LogP contribution in [0.2, 0.25) is 0 Å². The zero-order valence-electron chi connectivity index (χ0n) is 30.2. The number of alkyl halides is 3. The highest BCUT2D eigenvalue weighted by Crippen LogP contribution is 2.33. The molecule has 0 spiro atoms. The van der Waals surface area contributed by atoms with E-state index in [9.17, 15) is 32.3 Å². The van der Waals surface area contributed by atoms with E-state index in [1.54, 1.807) is 60.4 Å². The lowest BCUT2D eigenvalue weighted by molar-refractivity contribution is -0.143. The van der Waals surface area contributed by atoms with Crippen molar-refractivity contribution in [2.75, 3.05) is 44.2 Å². The first kappa shape index (κ1) is 39.9. The van der Waals surface area contributed by atoms with Crippen molar-refractivity contribution in [1.29, 1.82) is 0 Å². The highest BCUT2D eigenvalue weighted by atomic mass is 19.4. The summed E-state index contributed by atoms with van der Waals surface area (Å²) in [7, 11) is 0. The van der Waals surface area contributed by atoms with Gasteiger partial charge in [-0.05, 0) is 55.7 Å². The van der Waals surface area contributed by atoms with E-state index in [-0.39, 0.29) is 36.2 Å². The van der Waals surface area contributed by atoms with Gasteiger partial charge >= 0.3 is 17.8 Å². The fourth-order valence-electron chi connectivity index (χ4n) is 6.61. The van der Waals surface area contributed by atoms with Crippen LogP contribution in [0.3, 0.4) is 0 Å². The first-order valence-electron chi connectivity index (χ1n) is 17.8. The molecule has 1 unspecified atom stereocenters. The summed E-state index contributed by atoms with van der Waals surface area (Å²) in [5.41, 5.74) is 5.21. The quantitative estimate of drug-likeness (QED) is 0.109. The number of nitrogens with zero attached hydrogens (tertiary/aromatic N) is 4. The molecule has 15 heteroatoms. The predicted octanol–water partition coefficient (Wildman–Crippen LogP) is 4.62. The topological polar surface area (TPSA) is 132 Å². The molecule has 2 heterocycles. The van der Waals surface area contributed by atoms with Gasteiger partial charge in [0.05, 0.1) is 25.3 Å². The van der Waals surface area contributed by atoms with Gasteiger partial charge in [-0.3, -0.25) is 28.4 Å². The van der Waals surface area contributed by atoms with Crippen LogP contribution in [-0.2, 0) is 35.3 Å². The monoisotopic (exact) mass is 752 g/mol. The van der Waals surface area contributed by atoms with E-state index >= 15 is 4.39 Å². The molecule has 1 atom stereocenters. The van der Waals surface area contributed by atoms with Crippen LogP contribution < -0.4 is 27.2 Å². The number of piperazine rings is 1. The molecule has 0 bridgehead atoms. The van der Waals surface area contributed by atoms with Crippen LogP contribution in [0.4, 0.5) is 23.2 Å². The number of esters is 1. The number of benzene rings is 3. The van der Waals surface area contributed by atoms with Crippen LogP contribution in [0.25, 0.3) is 0 Å². The van der Waals surface area contributed by atoms with E-state index in [1.165, 1.54) is 6.92 Å². The molecule has 0 aliphatic carbocycles. The first-order valence-corrected chi connectivity index (χ1v) is 17.8. The van der Waals surface area contributed by atoms with Crippen molar-refractivity contribution >= 4 is 17.6 Å². The zero-order chi connectivity index (χ0) is 39.0. The number of anilines is 1. The number of amides is 1. The number of nitrogens with one attached hydrogen (secondary N) is 1. The van der Waals surface area contributed by atoms with Crippen LogP contribution in [-0.4, -0.2) is 65.2 Å². The SMILES string of the molecule is CCOC(=O)CCCNC(=O)c1cccc(CN2CCN(c3c(C)n(Cc4c(F)cccc4C(F)(F)F)c(=O)n(CC(N)c4ccccc4)c3=O)CC2)c1. The molecule has 4 aromatic rings. The minimum Gasteiger partial charge on any atom is -0.466 e. The van der Waals surface area contributed by atoms with Gasteiger partial charge in [0.15, 0.2) is 0 Å². The Hall–Kier alpha value is -5.28. The van der Waals surface area contributed by atoms with Crippen molar-refractivity contribution < 1.29 is 31.9 Å². The van der Waals surface area contributed by atoms with Crippen molar-refractivity contribution in [1.82, 2.24) is 19.4 Å². The standard InChI is InChI=1S/C39H44F4N6O5/c1-3-54-34(50)16-9-17-45-36(51)29-13-7-10-27(22-29)23-46-18-20-47(21-19-46)35-26(2)48(24-30-31(39(41,42)43)14-8-15-32(30)40)38(53)49(37(35)52)25-33(44)28-11-5-4-6-12-28/h4-8,10-15,22,33H,3,9,16-21,23-25,44H2,1-2H3,(H,45,51). The van der Waals surface area contributed by atoms with E-state index in [2.05, 4.69) is 10.2 Å². The van der Waals surface area contributed by atoms with Crippen molar-refractivity contribution in [3.05, 3.63) is 133 Å². The van der Waals surface area contributed by atoms with Gasteiger partial charge in [0, 0.05) is 68.6 Å². The van der Waals surface area contributed by atoms with Gasteiger partial charge in [-0.25, -0.2) is 9.18 Å². The third-order valence-electron chi connectivity index (χ3n) is 9.44. The second-order valence-electron chi connectivity index (χ2n) is 13.1. The van der Waals surface area contributed by atoms with E-state index in [0.717, 1.165) is 32.9 Å². The molecule has 3 aromatic carbocycles. The number of hydrogen-bond donors (Lipinski definition) is 2. The maximum absolute atomic E-state index is 15.0. The van der Waals surface area contributed by atoms with Gasteiger partial charge < -0.3 is 20.7 Å². The summed E-state index contributed by atoms with van der Waals surface area (Å²) in [4.78, 5) is 56.3. The number of ether oxygens (including phenoxy) is 1. The average Bonchev–Trinajstić information content (AvgIpc) is 3.15. The average molecular weight is 753 g/mol. The molecule has 288 valence electrons. The smallest absolute Gasteiger partial charge is 0.416 e. The summed E-state index contributed by atoms with van der Waals surface area (Å²) in [5, 5.41) is 2.82. The molecular weight excluding hydrogens is 708 g/mol. The Bertz CT molecular complexity index is 2060. The Kier molecular flexibility index (Phi) is 13.1. The number of carbonyl (C=O) groups excluding carboxylic acids is 2. The Morgan fingerprint density at radius 3 is 2.31 bits per heavy atom. The maximum Gasteiger partial charge on any atom is 0.416 e. The fraction of sp³-hybridized carbons (Fsp3) is 0.385. The second-order valence-corrected chi connectivity index (χ2v) is 13.1. The summed E-state index contributed by atoms with van der Waals surface area (Å²) in [6, 6.07) is 17.8. The number of hydrogen-bond acceptors (Lipinski definition) is 8. The molecular formula is C39H44F4N6O5. The number of halogens is 4. The molecule has 54 heavy (non-hydrogen) atoms. The molecule has 1 saturated heterocycles. The summed E-state index contributed by atoms with van der Waals surface area (Å²) in [6.07, 6.45) is -4.22. The Balaban J connectivity index is 1.37. The molecule has 0 radical (unpaired) electrons. The van der Waals surface area contributed by atoms with Gasteiger partial charge in [0.2, 0.25) is 0 Å². The predicted molar refractivity (Wildman–Crippen MR) is 196 cm³/mol. The molecule has 0 saturated carbocycles. The highest BCUT2D eigenvalue weighted by Gasteiger charge is 2.35. The van der Waals surface area contributed by atoms with Crippen molar-refractivity contribution in [2.24, 2.45) is 5.73 Å². The Labute approximate surface area is 309 Å². The molecule has 5 rings (SSSR count). The van der Waals surface area contributed by atoms with E-state index in [1.807, 2.05) is 6.07 Å². The van der Waals surface area contributed by atoms with E-state index < -0.39 is 47.0 Å². The number of nitrogens with two attached hydrogens (primary N) is 1. The summed E-state index contributed by atoms with van der Waals surface area (Å²) in [5.74, 6) is -1.71. The van der Waals surface area contributed by atoms with E-state index in [0.29, 0.717) is 63.4 Å². The Morgan fingerprint density at radius 1 is 0.926 bits per heavy atom. The highest BCUT2D eigenvalue weighted by molar-refractivity contribution is 5.94. The van der Waals surface area contributed by atoms with Crippen LogP contribution >= 0.6 is 0 Å². The lowest BCUT2D eigenvalue weighted by Gasteiger charge is -2.37. The summed E-state index contributed by atoms with van der Waals surface area (Å²) >= 11 is 0. The first-order chi connectivity index (χ1) is 25.8. The molecule has 1 aliphatic heterocycles. The number of aromatic nitrogens is 2.